The van der Waals surface area contributed by atoms with Gasteiger partial charge in [0.1, 0.15) is 0 Å². The summed E-state index contributed by atoms with van der Waals surface area (Å²) in [5.41, 5.74) is 0.536. The van der Waals surface area contributed by atoms with Gasteiger partial charge in [-0.3, -0.25) is 0 Å². The van der Waals surface area contributed by atoms with E-state index in [1.807, 2.05) is 0 Å². The first-order valence-corrected chi connectivity index (χ1v) is 5.68. The van der Waals surface area contributed by atoms with Gasteiger partial charge < -0.3 is 0 Å². The zero-order valence-electron chi connectivity index (χ0n) is 8.61. The van der Waals surface area contributed by atoms with E-state index in [2.05, 4.69) is 46.4 Å². The van der Waals surface area contributed by atoms with Crippen LogP contribution in [-0.2, 0) is 0 Å². The molecule has 0 aromatic carbocycles. The van der Waals surface area contributed by atoms with Crippen molar-refractivity contribution in [2.45, 2.75) is 52.7 Å². The third-order valence-electron chi connectivity index (χ3n) is 2.29. The normalized spacial score (nSPS) is 15.0. The van der Waals surface area contributed by atoms with Crippen molar-refractivity contribution in [3.8, 4) is 0 Å². The molecule has 0 spiro atoms. The van der Waals surface area contributed by atoms with Gasteiger partial charge in [0.25, 0.3) is 0 Å². The second-order valence-corrected chi connectivity index (χ2v) is 5.47. The molecule has 0 nitrogen and oxygen atoms in total. The summed E-state index contributed by atoms with van der Waals surface area (Å²) in [4.78, 5) is 0. The molecule has 68 valence electrons. The predicted octanol–water partition coefficient (Wildman–Crippen LogP) is 3.95. The summed E-state index contributed by atoms with van der Waals surface area (Å²) in [5.74, 6) is 1.30. The minimum Gasteiger partial charge on any atom is -0.158 e. The molecule has 0 aliphatic heterocycles. The lowest BCUT2D eigenvalue weighted by atomic mass is 9.93. The second-order valence-electron chi connectivity index (χ2n) is 4.05. The van der Waals surface area contributed by atoms with Crippen molar-refractivity contribution in [3.05, 3.63) is 0 Å². The molecule has 0 aliphatic rings. The Bertz CT molecular complexity index is 97.0. The Morgan fingerprint density at radius 3 is 2.18 bits per heavy atom. The van der Waals surface area contributed by atoms with Gasteiger partial charge in [0, 0.05) is 5.25 Å². The molecular formula is C10H22S. The summed E-state index contributed by atoms with van der Waals surface area (Å²) < 4.78 is 0. The van der Waals surface area contributed by atoms with Crippen molar-refractivity contribution in [3.63, 3.8) is 0 Å². The van der Waals surface area contributed by atoms with Gasteiger partial charge in [-0.15, -0.1) is 0 Å². The predicted molar refractivity (Wildman–Crippen MR) is 56.3 cm³/mol. The van der Waals surface area contributed by atoms with E-state index >= 15 is 0 Å². The topological polar surface area (TPSA) is 0 Å². The Morgan fingerprint density at radius 1 is 1.27 bits per heavy atom. The van der Waals surface area contributed by atoms with Gasteiger partial charge >= 0.3 is 0 Å². The molecule has 0 aliphatic carbocycles. The Labute approximate surface area is 76.1 Å². The number of hydrogen-bond acceptors (Lipinski definition) is 1. The van der Waals surface area contributed by atoms with Gasteiger partial charge in [-0.2, -0.15) is 11.8 Å². The molecule has 0 bridgehead atoms. The average Bonchev–Trinajstić information content (AvgIpc) is 2.00. The van der Waals surface area contributed by atoms with Gasteiger partial charge in [-0.1, -0.05) is 41.0 Å². The van der Waals surface area contributed by atoms with E-state index in [4.69, 9.17) is 0 Å². The van der Waals surface area contributed by atoms with E-state index in [0.717, 1.165) is 5.25 Å². The molecule has 0 saturated heterocycles. The van der Waals surface area contributed by atoms with E-state index in [1.165, 1.54) is 18.6 Å². The van der Waals surface area contributed by atoms with Crippen LogP contribution in [0.15, 0.2) is 0 Å². The molecule has 1 atom stereocenters. The highest BCUT2D eigenvalue weighted by Gasteiger charge is 2.15. The summed E-state index contributed by atoms with van der Waals surface area (Å²) in [6, 6.07) is 0. The minimum atomic E-state index is 0.536. The van der Waals surface area contributed by atoms with Crippen LogP contribution in [0.3, 0.4) is 0 Å². The van der Waals surface area contributed by atoms with Gasteiger partial charge in [0.05, 0.1) is 0 Å². The van der Waals surface area contributed by atoms with Gasteiger partial charge in [0.15, 0.2) is 0 Å². The molecule has 0 radical (unpaired) electrons. The lowest BCUT2D eigenvalue weighted by molar-refractivity contribution is 0.407. The zero-order valence-corrected chi connectivity index (χ0v) is 9.42. The average molecular weight is 174 g/mol. The SMILES string of the molecule is CCC(C)SCC(C)(C)CC. The summed E-state index contributed by atoms with van der Waals surface area (Å²) in [6.07, 6.45) is 2.58. The van der Waals surface area contributed by atoms with Crippen LogP contribution >= 0.6 is 11.8 Å². The lowest BCUT2D eigenvalue weighted by Gasteiger charge is -2.23. The molecule has 0 heterocycles. The Hall–Kier alpha value is 0.350. The summed E-state index contributed by atoms with van der Waals surface area (Å²) in [5, 5.41) is 0.834. The Morgan fingerprint density at radius 2 is 1.82 bits per heavy atom. The quantitative estimate of drug-likeness (QED) is 0.608. The second kappa shape index (κ2) is 5.08. The molecule has 0 aromatic heterocycles. The van der Waals surface area contributed by atoms with Gasteiger partial charge in [-0.25, -0.2) is 0 Å². The van der Waals surface area contributed by atoms with Crippen LogP contribution in [0.25, 0.3) is 0 Å². The molecule has 0 saturated carbocycles. The monoisotopic (exact) mass is 174 g/mol. The first-order valence-electron chi connectivity index (χ1n) is 4.63. The molecular weight excluding hydrogens is 152 g/mol. The van der Waals surface area contributed by atoms with Crippen LogP contribution in [0.5, 0.6) is 0 Å². The van der Waals surface area contributed by atoms with Crippen molar-refractivity contribution in [1.82, 2.24) is 0 Å². The highest BCUT2D eigenvalue weighted by Crippen LogP contribution is 2.28. The maximum absolute atomic E-state index is 2.35. The summed E-state index contributed by atoms with van der Waals surface area (Å²) in [6.45, 7) is 11.6. The number of hydrogen-bond donors (Lipinski definition) is 0. The highest BCUT2D eigenvalue weighted by molar-refractivity contribution is 7.99. The highest BCUT2D eigenvalue weighted by atomic mass is 32.2. The van der Waals surface area contributed by atoms with E-state index < -0.39 is 0 Å². The third-order valence-corrected chi connectivity index (χ3v) is 4.14. The molecule has 0 fully saturated rings. The van der Waals surface area contributed by atoms with Gasteiger partial charge in [0.2, 0.25) is 0 Å². The number of rotatable bonds is 5. The van der Waals surface area contributed by atoms with E-state index in [1.54, 1.807) is 0 Å². The Balaban J connectivity index is 3.52. The summed E-state index contributed by atoms with van der Waals surface area (Å²) in [7, 11) is 0. The van der Waals surface area contributed by atoms with Crippen LogP contribution in [0.1, 0.15) is 47.5 Å². The smallest absolute Gasteiger partial charge is 0.00162 e. The van der Waals surface area contributed by atoms with E-state index in [0.29, 0.717) is 5.41 Å². The first kappa shape index (κ1) is 11.4. The third kappa shape index (κ3) is 5.60. The van der Waals surface area contributed by atoms with Crippen molar-refractivity contribution in [1.29, 1.82) is 0 Å². The standard InChI is InChI=1S/C10H22S/c1-6-9(3)11-8-10(4,5)7-2/h9H,6-8H2,1-5H3. The van der Waals surface area contributed by atoms with Crippen molar-refractivity contribution >= 4 is 11.8 Å². The maximum Gasteiger partial charge on any atom is 0.00162 e. The number of thioether (sulfide) groups is 1. The van der Waals surface area contributed by atoms with Crippen LogP contribution in [0, 0.1) is 5.41 Å². The van der Waals surface area contributed by atoms with Gasteiger partial charge in [-0.05, 0) is 17.6 Å². The fourth-order valence-corrected chi connectivity index (χ4v) is 1.76. The Kier molecular flexibility index (Phi) is 5.24. The molecule has 1 heteroatoms. The lowest BCUT2D eigenvalue weighted by Crippen LogP contribution is -2.14. The molecule has 0 aromatic rings. The van der Waals surface area contributed by atoms with Crippen LogP contribution < -0.4 is 0 Å². The van der Waals surface area contributed by atoms with Crippen molar-refractivity contribution in [2.75, 3.05) is 5.75 Å². The van der Waals surface area contributed by atoms with Crippen molar-refractivity contribution in [2.24, 2.45) is 5.41 Å². The largest absolute Gasteiger partial charge is 0.158 e. The van der Waals surface area contributed by atoms with Crippen LogP contribution in [-0.4, -0.2) is 11.0 Å². The summed E-state index contributed by atoms with van der Waals surface area (Å²) >= 11 is 2.11. The zero-order chi connectivity index (χ0) is 8.91. The van der Waals surface area contributed by atoms with Crippen molar-refractivity contribution < 1.29 is 0 Å². The molecule has 1 unspecified atom stereocenters. The van der Waals surface area contributed by atoms with E-state index in [9.17, 15) is 0 Å². The molecule has 11 heavy (non-hydrogen) atoms. The minimum absolute atomic E-state index is 0.536. The fraction of sp³-hybridized carbons (Fsp3) is 1.00. The first-order chi connectivity index (χ1) is 5.02. The molecule has 0 amide bonds. The molecule has 0 rings (SSSR count). The molecule has 0 N–H and O–H groups in total. The van der Waals surface area contributed by atoms with E-state index in [-0.39, 0.29) is 0 Å². The van der Waals surface area contributed by atoms with Crippen LogP contribution in [0.4, 0.5) is 0 Å². The van der Waals surface area contributed by atoms with Crippen LogP contribution in [0.2, 0.25) is 0 Å². The fourth-order valence-electron chi connectivity index (χ4n) is 0.588. The maximum atomic E-state index is 2.35.